The van der Waals surface area contributed by atoms with E-state index in [1.807, 2.05) is 43.1 Å². The highest BCUT2D eigenvalue weighted by Crippen LogP contribution is 2.15. The average molecular weight is 340 g/mol. The first-order chi connectivity index (χ1) is 12.0. The molecule has 130 valence electrons. The van der Waals surface area contributed by atoms with E-state index in [-0.39, 0.29) is 18.1 Å². The van der Waals surface area contributed by atoms with Crippen molar-refractivity contribution < 1.29 is 9.18 Å². The molecule has 0 aliphatic heterocycles. The number of amides is 1. The van der Waals surface area contributed by atoms with E-state index in [0.29, 0.717) is 6.54 Å². The van der Waals surface area contributed by atoms with Crippen molar-refractivity contribution in [3.05, 3.63) is 60.2 Å². The maximum atomic E-state index is 13.7. The first kappa shape index (κ1) is 17.1. The Morgan fingerprint density at radius 2 is 2.08 bits per heavy atom. The summed E-state index contributed by atoms with van der Waals surface area (Å²) in [5, 5.41) is 2.63. The average Bonchev–Trinajstić information content (AvgIpc) is 2.99. The molecule has 1 amide bonds. The first-order valence-corrected chi connectivity index (χ1v) is 8.17. The summed E-state index contributed by atoms with van der Waals surface area (Å²) in [6.07, 6.45) is 1.81. The van der Waals surface area contributed by atoms with Crippen molar-refractivity contribution in [3.8, 4) is 0 Å². The molecule has 1 heterocycles. The third kappa shape index (κ3) is 4.22. The molecule has 0 saturated carbocycles. The van der Waals surface area contributed by atoms with Gasteiger partial charge in [-0.25, -0.2) is 9.37 Å². The summed E-state index contributed by atoms with van der Waals surface area (Å²) in [6, 6.07) is 12.6. The minimum absolute atomic E-state index is 0.194. The topological polar surface area (TPSA) is 50.2 Å². The minimum atomic E-state index is -0.425. The fourth-order valence-corrected chi connectivity index (χ4v) is 2.72. The molecule has 0 saturated heterocycles. The van der Waals surface area contributed by atoms with Crippen LogP contribution in [-0.2, 0) is 11.3 Å². The summed E-state index contributed by atoms with van der Waals surface area (Å²) in [6.45, 7) is 3.46. The fraction of sp³-hybridized carbons (Fsp3) is 0.263. The number of hydrogen-bond acceptors (Lipinski definition) is 3. The van der Waals surface area contributed by atoms with E-state index in [4.69, 9.17) is 0 Å². The molecule has 0 bridgehead atoms. The zero-order chi connectivity index (χ0) is 17.8. The molecule has 1 aromatic heterocycles. The quantitative estimate of drug-likeness (QED) is 0.750. The number of likely N-dealkylation sites (N-methyl/N-ethyl adjacent to an activating group) is 1. The zero-order valence-electron chi connectivity index (χ0n) is 14.4. The lowest BCUT2D eigenvalue weighted by molar-refractivity contribution is -0.117. The number of nitrogens with one attached hydrogen (secondary N) is 1. The number of carbonyl (C=O) groups excluding carboxylic acids is 1. The second-order valence-corrected chi connectivity index (χ2v) is 6.20. The molecule has 3 aromatic rings. The molecule has 0 radical (unpaired) electrons. The molecule has 5 nitrogen and oxygen atoms in total. The monoisotopic (exact) mass is 340 g/mol. The molecule has 0 atom stereocenters. The molecule has 0 fully saturated rings. The van der Waals surface area contributed by atoms with Gasteiger partial charge in [-0.3, -0.25) is 9.69 Å². The summed E-state index contributed by atoms with van der Waals surface area (Å²) in [7, 11) is 1.87. The highest BCUT2D eigenvalue weighted by Gasteiger charge is 2.10. The number of rotatable bonds is 6. The van der Waals surface area contributed by atoms with E-state index in [0.717, 1.165) is 23.1 Å². The lowest BCUT2D eigenvalue weighted by Crippen LogP contribution is -2.32. The van der Waals surface area contributed by atoms with Crippen LogP contribution in [0.25, 0.3) is 11.0 Å². The SMILES string of the molecule is Cc1ccc(F)c(NC(=O)CN(C)CCn2cnc3ccccc32)c1. The van der Waals surface area contributed by atoms with Crippen LogP contribution < -0.4 is 5.32 Å². The first-order valence-electron chi connectivity index (χ1n) is 8.17. The van der Waals surface area contributed by atoms with Crippen molar-refractivity contribution in [2.45, 2.75) is 13.5 Å². The van der Waals surface area contributed by atoms with Gasteiger partial charge in [0.15, 0.2) is 0 Å². The van der Waals surface area contributed by atoms with Crippen molar-refractivity contribution in [1.29, 1.82) is 0 Å². The van der Waals surface area contributed by atoms with E-state index in [1.54, 1.807) is 18.5 Å². The maximum absolute atomic E-state index is 13.7. The second-order valence-electron chi connectivity index (χ2n) is 6.20. The number of aryl methyl sites for hydroxylation is 1. The number of benzene rings is 2. The van der Waals surface area contributed by atoms with Crippen molar-refractivity contribution in [1.82, 2.24) is 14.5 Å². The standard InChI is InChI=1S/C19H21FN4O/c1-14-7-8-15(20)17(11-14)22-19(25)12-23(2)9-10-24-13-21-16-5-3-4-6-18(16)24/h3-8,11,13H,9-10,12H2,1-2H3,(H,22,25). The van der Waals surface area contributed by atoms with E-state index in [9.17, 15) is 9.18 Å². The number of hydrogen-bond donors (Lipinski definition) is 1. The van der Waals surface area contributed by atoms with Crippen LogP contribution in [0.4, 0.5) is 10.1 Å². The van der Waals surface area contributed by atoms with Crippen molar-refractivity contribution in [3.63, 3.8) is 0 Å². The number of carbonyl (C=O) groups is 1. The van der Waals surface area contributed by atoms with Crippen molar-refractivity contribution in [2.75, 3.05) is 25.5 Å². The smallest absolute Gasteiger partial charge is 0.238 e. The molecule has 0 aliphatic carbocycles. The highest BCUT2D eigenvalue weighted by molar-refractivity contribution is 5.92. The molecular formula is C19H21FN4O. The Labute approximate surface area is 146 Å². The summed E-state index contributed by atoms with van der Waals surface area (Å²) in [5.41, 5.74) is 3.15. The van der Waals surface area contributed by atoms with Crippen LogP contribution in [0.15, 0.2) is 48.8 Å². The molecule has 3 rings (SSSR count). The predicted molar refractivity (Wildman–Crippen MR) is 97.0 cm³/mol. The number of fused-ring (bicyclic) bond motifs is 1. The van der Waals surface area contributed by atoms with Crippen LogP contribution in [0.2, 0.25) is 0 Å². The molecule has 0 unspecified atom stereocenters. The molecule has 0 spiro atoms. The van der Waals surface area contributed by atoms with Gasteiger partial charge in [0.25, 0.3) is 0 Å². The second kappa shape index (κ2) is 7.44. The van der Waals surface area contributed by atoms with Crippen LogP contribution in [-0.4, -0.2) is 40.5 Å². The van der Waals surface area contributed by atoms with Gasteiger partial charge >= 0.3 is 0 Å². The molecule has 1 N–H and O–H groups in total. The van der Waals surface area contributed by atoms with E-state index in [2.05, 4.69) is 14.9 Å². The third-order valence-electron chi connectivity index (χ3n) is 4.06. The Morgan fingerprint density at radius 1 is 1.28 bits per heavy atom. The third-order valence-corrected chi connectivity index (χ3v) is 4.06. The lowest BCUT2D eigenvalue weighted by atomic mass is 10.2. The Bertz CT molecular complexity index is 890. The molecule has 2 aromatic carbocycles. The Morgan fingerprint density at radius 3 is 2.92 bits per heavy atom. The number of halogens is 1. The molecule has 0 aliphatic rings. The van der Waals surface area contributed by atoms with Gasteiger partial charge in [-0.15, -0.1) is 0 Å². The van der Waals surface area contributed by atoms with Crippen LogP contribution in [0.5, 0.6) is 0 Å². The largest absolute Gasteiger partial charge is 0.329 e. The van der Waals surface area contributed by atoms with Gasteiger partial charge in [-0.05, 0) is 43.8 Å². The van der Waals surface area contributed by atoms with Crippen LogP contribution in [0, 0.1) is 12.7 Å². The Hall–Kier alpha value is -2.73. The van der Waals surface area contributed by atoms with Crippen LogP contribution >= 0.6 is 0 Å². The van der Waals surface area contributed by atoms with Crippen LogP contribution in [0.3, 0.4) is 0 Å². The van der Waals surface area contributed by atoms with E-state index in [1.165, 1.54) is 6.07 Å². The van der Waals surface area contributed by atoms with E-state index < -0.39 is 5.82 Å². The normalized spacial score (nSPS) is 11.2. The summed E-state index contributed by atoms with van der Waals surface area (Å²) in [4.78, 5) is 18.4. The summed E-state index contributed by atoms with van der Waals surface area (Å²) in [5.74, 6) is -0.658. The van der Waals surface area contributed by atoms with Gasteiger partial charge in [0.1, 0.15) is 5.82 Å². The lowest BCUT2D eigenvalue weighted by Gasteiger charge is -2.17. The Kier molecular flexibility index (Phi) is 5.09. The number of imidazole rings is 1. The van der Waals surface area contributed by atoms with Gasteiger partial charge in [-0.1, -0.05) is 18.2 Å². The predicted octanol–water partition coefficient (Wildman–Crippen LogP) is 3.05. The number of aromatic nitrogens is 2. The minimum Gasteiger partial charge on any atom is -0.329 e. The van der Waals surface area contributed by atoms with E-state index >= 15 is 0 Å². The van der Waals surface area contributed by atoms with Gasteiger partial charge in [0.2, 0.25) is 5.91 Å². The van der Waals surface area contributed by atoms with Crippen molar-refractivity contribution in [2.24, 2.45) is 0 Å². The number of nitrogens with zero attached hydrogens (tertiary/aromatic N) is 3. The molecular weight excluding hydrogens is 319 g/mol. The van der Waals surface area contributed by atoms with Gasteiger partial charge in [0.05, 0.1) is 29.6 Å². The van der Waals surface area contributed by atoms with Crippen LogP contribution in [0.1, 0.15) is 5.56 Å². The van der Waals surface area contributed by atoms with Gasteiger partial charge in [-0.2, -0.15) is 0 Å². The summed E-state index contributed by atoms with van der Waals surface area (Å²) < 4.78 is 15.8. The number of para-hydroxylation sites is 2. The zero-order valence-corrected chi connectivity index (χ0v) is 14.4. The number of anilines is 1. The fourth-order valence-electron chi connectivity index (χ4n) is 2.72. The Balaban J connectivity index is 1.54. The van der Waals surface area contributed by atoms with Gasteiger partial charge in [0, 0.05) is 13.1 Å². The van der Waals surface area contributed by atoms with Crippen molar-refractivity contribution >= 4 is 22.6 Å². The molecule has 6 heteroatoms. The maximum Gasteiger partial charge on any atom is 0.238 e. The van der Waals surface area contributed by atoms with Gasteiger partial charge < -0.3 is 9.88 Å². The summed E-state index contributed by atoms with van der Waals surface area (Å²) >= 11 is 0. The molecule has 25 heavy (non-hydrogen) atoms. The highest BCUT2D eigenvalue weighted by atomic mass is 19.1.